The Hall–Kier alpha value is -2.87. The number of nitrogens with one attached hydrogen (secondary N) is 1. The molecule has 1 amide bonds. The highest BCUT2D eigenvalue weighted by Gasteiger charge is 2.18. The highest BCUT2D eigenvalue weighted by molar-refractivity contribution is 9.10. The van der Waals surface area contributed by atoms with E-state index in [1.54, 1.807) is 19.2 Å². The minimum Gasteiger partial charge on any atom is -0.493 e. The van der Waals surface area contributed by atoms with Gasteiger partial charge in [-0.05, 0) is 60.0 Å². The molecule has 1 N–H and O–H groups in total. The van der Waals surface area contributed by atoms with Crippen molar-refractivity contribution in [1.29, 1.82) is 0 Å². The lowest BCUT2D eigenvalue weighted by Gasteiger charge is -2.14. The summed E-state index contributed by atoms with van der Waals surface area (Å²) >= 11 is 3.47. The van der Waals surface area contributed by atoms with E-state index < -0.39 is 0 Å². The van der Waals surface area contributed by atoms with Gasteiger partial charge in [-0.1, -0.05) is 18.6 Å². The number of carbonyl (C=O) groups excluding carboxylic acids is 1. The van der Waals surface area contributed by atoms with E-state index in [1.165, 1.54) is 6.42 Å². The molecule has 2 aromatic carbocycles. The van der Waals surface area contributed by atoms with Crippen LogP contribution in [0.4, 0.5) is 5.69 Å². The van der Waals surface area contributed by atoms with E-state index in [-0.39, 0.29) is 5.91 Å². The van der Waals surface area contributed by atoms with Gasteiger partial charge in [0.25, 0.3) is 5.91 Å². The van der Waals surface area contributed by atoms with Gasteiger partial charge in [-0.3, -0.25) is 4.79 Å². The second kappa shape index (κ2) is 9.51. The maximum absolute atomic E-state index is 12.9. The predicted octanol–water partition coefficient (Wildman–Crippen LogP) is 5.09. The van der Waals surface area contributed by atoms with Gasteiger partial charge in [0.1, 0.15) is 5.82 Å². The van der Waals surface area contributed by atoms with Crippen molar-refractivity contribution < 1.29 is 14.3 Å². The van der Waals surface area contributed by atoms with Crippen LogP contribution in [0.25, 0.3) is 11.4 Å². The third-order valence-corrected chi connectivity index (χ3v) is 5.86. The van der Waals surface area contributed by atoms with Crippen LogP contribution in [0, 0.1) is 0 Å². The molecule has 0 bridgehead atoms. The molecule has 162 valence electrons. The molecule has 0 unspecified atom stereocenters. The van der Waals surface area contributed by atoms with Crippen LogP contribution < -0.4 is 14.8 Å². The molecule has 0 aliphatic carbocycles. The van der Waals surface area contributed by atoms with Crippen molar-refractivity contribution in [3.63, 3.8) is 0 Å². The maximum Gasteiger partial charge on any atom is 0.255 e. The molecule has 4 rings (SSSR count). The number of fused-ring (bicyclic) bond motifs is 1. The average Bonchev–Trinajstić information content (AvgIpc) is 3.03. The molecule has 1 aliphatic heterocycles. The summed E-state index contributed by atoms with van der Waals surface area (Å²) in [5.74, 6) is 2.73. The van der Waals surface area contributed by atoms with Crippen LogP contribution in [-0.2, 0) is 13.0 Å². The van der Waals surface area contributed by atoms with E-state index in [0.717, 1.165) is 43.0 Å². The lowest BCUT2D eigenvalue weighted by Crippen LogP contribution is -2.12. The number of aryl methyl sites for hydroxylation is 1. The third-order valence-electron chi connectivity index (χ3n) is 5.27. The van der Waals surface area contributed by atoms with Crippen molar-refractivity contribution in [3.8, 4) is 22.9 Å². The number of halogens is 1. The SMILES string of the molecule is CCOc1c(Br)cc(C(=O)Nc2cccc(-c3nnc4n3CCCCC4)c2)cc1OC. The molecule has 1 aromatic heterocycles. The molecular weight excluding hydrogens is 460 g/mol. The van der Waals surface area contributed by atoms with E-state index in [9.17, 15) is 4.79 Å². The van der Waals surface area contributed by atoms with Crippen molar-refractivity contribution in [2.75, 3.05) is 19.0 Å². The van der Waals surface area contributed by atoms with Crippen LogP contribution in [0.1, 0.15) is 42.4 Å². The molecule has 0 radical (unpaired) electrons. The average molecular weight is 485 g/mol. The number of nitrogens with zero attached hydrogens (tertiary/aromatic N) is 3. The molecule has 3 aromatic rings. The molecule has 0 fully saturated rings. The number of anilines is 1. The zero-order valence-electron chi connectivity index (χ0n) is 17.7. The Kier molecular flexibility index (Phi) is 6.56. The number of aromatic nitrogens is 3. The lowest BCUT2D eigenvalue weighted by atomic mass is 10.1. The lowest BCUT2D eigenvalue weighted by molar-refractivity contribution is 0.102. The quantitative estimate of drug-likeness (QED) is 0.526. The van der Waals surface area contributed by atoms with Crippen molar-refractivity contribution in [1.82, 2.24) is 14.8 Å². The Morgan fingerprint density at radius 3 is 2.87 bits per heavy atom. The fourth-order valence-electron chi connectivity index (χ4n) is 3.77. The summed E-state index contributed by atoms with van der Waals surface area (Å²) in [6.07, 6.45) is 4.44. The molecule has 2 heterocycles. The number of hydrogen-bond donors (Lipinski definition) is 1. The van der Waals surface area contributed by atoms with Crippen LogP contribution in [0.5, 0.6) is 11.5 Å². The van der Waals surface area contributed by atoms with Crippen LogP contribution in [0.15, 0.2) is 40.9 Å². The maximum atomic E-state index is 12.9. The first-order valence-corrected chi connectivity index (χ1v) is 11.2. The molecule has 8 heteroatoms. The summed E-state index contributed by atoms with van der Waals surface area (Å²) in [7, 11) is 1.55. The minimum absolute atomic E-state index is 0.237. The monoisotopic (exact) mass is 484 g/mol. The topological polar surface area (TPSA) is 78.3 Å². The van der Waals surface area contributed by atoms with E-state index in [0.29, 0.717) is 33.8 Å². The van der Waals surface area contributed by atoms with E-state index in [4.69, 9.17) is 9.47 Å². The zero-order valence-corrected chi connectivity index (χ0v) is 19.2. The van der Waals surface area contributed by atoms with Crippen molar-refractivity contribution in [2.45, 2.75) is 39.2 Å². The first-order chi connectivity index (χ1) is 15.1. The van der Waals surface area contributed by atoms with Gasteiger partial charge in [-0.15, -0.1) is 10.2 Å². The number of methoxy groups -OCH3 is 1. The molecule has 0 saturated heterocycles. The zero-order chi connectivity index (χ0) is 21.8. The van der Waals surface area contributed by atoms with E-state index >= 15 is 0 Å². The highest BCUT2D eigenvalue weighted by atomic mass is 79.9. The third kappa shape index (κ3) is 4.58. The molecule has 0 saturated carbocycles. The fourth-order valence-corrected chi connectivity index (χ4v) is 4.33. The Labute approximate surface area is 189 Å². The van der Waals surface area contributed by atoms with Gasteiger partial charge >= 0.3 is 0 Å². The van der Waals surface area contributed by atoms with Crippen LogP contribution >= 0.6 is 15.9 Å². The normalized spacial score (nSPS) is 13.3. The van der Waals surface area contributed by atoms with Crippen molar-refractivity contribution in [2.24, 2.45) is 0 Å². The molecule has 1 aliphatic rings. The molecule has 7 nitrogen and oxygen atoms in total. The number of hydrogen-bond acceptors (Lipinski definition) is 5. The smallest absolute Gasteiger partial charge is 0.255 e. The van der Waals surface area contributed by atoms with E-state index in [2.05, 4.69) is 36.0 Å². The molecular formula is C23H25BrN4O3. The Morgan fingerprint density at radius 2 is 2.06 bits per heavy atom. The van der Waals surface area contributed by atoms with Crippen LogP contribution in [0.3, 0.4) is 0 Å². The van der Waals surface area contributed by atoms with Gasteiger partial charge < -0.3 is 19.4 Å². The van der Waals surface area contributed by atoms with Gasteiger partial charge in [0, 0.05) is 29.8 Å². The predicted molar refractivity (Wildman–Crippen MR) is 123 cm³/mol. The second-order valence-corrected chi connectivity index (χ2v) is 8.21. The summed E-state index contributed by atoms with van der Waals surface area (Å²) in [6.45, 7) is 3.32. The van der Waals surface area contributed by atoms with E-state index in [1.807, 2.05) is 31.2 Å². The Bertz CT molecular complexity index is 1100. The number of carbonyl (C=O) groups is 1. The largest absolute Gasteiger partial charge is 0.493 e. The summed E-state index contributed by atoms with van der Waals surface area (Å²) in [5, 5.41) is 11.8. The van der Waals surface area contributed by atoms with Gasteiger partial charge in [0.15, 0.2) is 17.3 Å². The Balaban J connectivity index is 1.58. The minimum atomic E-state index is -0.237. The number of benzene rings is 2. The van der Waals surface area contributed by atoms with Crippen LogP contribution in [-0.4, -0.2) is 34.4 Å². The van der Waals surface area contributed by atoms with Gasteiger partial charge in [0.2, 0.25) is 0 Å². The summed E-state index contributed by atoms with van der Waals surface area (Å²) in [4.78, 5) is 12.9. The highest BCUT2D eigenvalue weighted by Crippen LogP contribution is 2.37. The number of ether oxygens (including phenoxy) is 2. The van der Waals surface area contributed by atoms with Crippen molar-refractivity contribution >= 4 is 27.5 Å². The molecule has 31 heavy (non-hydrogen) atoms. The standard InChI is InChI=1S/C23H25BrN4O3/c1-3-31-21-18(24)13-16(14-19(21)30-2)23(29)25-17-9-7-8-15(12-17)22-27-26-20-10-5-4-6-11-28(20)22/h7-9,12-14H,3-6,10-11H2,1-2H3,(H,25,29). The molecule has 0 spiro atoms. The van der Waals surface area contributed by atoms with Gasteiger partial charge in [-0.25, -0.2) is 0 Å². The number of rotatable bonds is 6. The fraction of sp³-hybridized carbons (Fsp3) is 0.348. The second-order valence-electron chi connectivity index (χ2n) is 7.36. The Morgan fingerprint density at radius 1 is 1.19 bits per heavy atom. The van der Waals surface area contributed by atoms with Crippen molar-refractivity contribution in [3.05, 3.63) is 52.3 Å². The number of amides is 1. The first-order valence-electron chi connectivity index (χ1n) is 10.4. The van der Waals surface area contributed by atoms with Gasteiger partial charge in [0.05, 0.1) is 18.2 Å². The van der Waals surface area contributed by atoms with Gasteiger partial charge in [-0.2, -0.15) is 0 Å². The molecule has 0 atom stereocenters. The first kappa shape index (κ1) is 21.4. The van der Waals surface area contributed by atoms with Crippen LogP contribution in [0.2, 0.25) is 0 Å². The summed E-state index contributed by atoms with van der Waals surface area (Å²) < 4.78 is 13.9. The summed E-state index contributed by atoms with van der Waals surface area (Å²) in [6, 6.07) is 11.1. The summed E-state index contributed by atoms with van der Waals surface area (Å²) in [5.41, 5.74) is 2.09.